The Labute approximate surface area is 107 Å². The van der Waals surface area contributed by atoms with Gasteiger partial charge in [0.05, 0.1) is 6.04 Å². The number of carbonyl (C=O) groups excluding carboxylic acids is 1. The van der Waals surface area contributed by atoms with Crippen molar-refractivity contribution in [1.82, 2.24) is 5.32 Å². The Morgan fingerprint density at radius 3 is 2.89 bits per heavy atom. The molecule has 0 heterocycles. The van der Waals surface area contributed by atoms with Crippen LogP contribution in [0.2, 0.25) is 0 Å². The summed E-state index contributed by atoms with van der Waals surface area (Å²) in [6, 6.07) is 6.79. The van der Waals surface area contributed by atoms with Crippen LogP contribution in [-0.4, -0.2) is 17.1 Å². The van der Waals surface area contributed by atoms with Crippen molar-refractivity contribution in [2.45, 2.75) is 38.3 Å². The van der Waals surface area contributed by atoms with Gasteiger partial charge >= 0.3 is 0 Å². The van der Waals surface area contributed by atoms with Gasteiger partial charge in [-0.25, -0.2) is 0 Å². The third-order valence-corrected chi connectivity index (χ3v) is 3.40. The molecule has 0 spiro atoms. The monoisotopic (exact) mass is 248 g/mol. The first-order valence-corrected chi connectivity index (χ1v) is 6.40. The number of hydrogen-bond acceptors (Lipinski definition) is 3. The Morgan fingerprint density at radius 2 is 2.28 bits per heavy atom. The molecular formula is C14H20N2O2. The number of hydrogen-bond donors (Lipinski definition) is 3. The maximum absolute atomic E-state index is 11.8. The maximum atomic E-state index is 11.8. The predicted octanol–water partition coefficient (Wildman–Crippen LogP) is 1.70. The van der Waals surface area contributed by atoms with Gasteiger partial charge in [-0.2, -0.15) is 0 Å². The first-order chi connectivity index (χ1) is 8.56. The number of aromatic hydroxyl groups is 1. The van der Waals surface area contributed by atoms with Crippen LogP contribution >= 0.6 is 0 Å². The molecule has 4 nitrogen and oxygen atoms in total. The summed E-state index contributed by atoms with van der Waals surface area (Å²) in [6.45, 7) is 1.90. The second-order valence-electron chi connectivity index (χ2n) is 5.09. The summed E-state index contributed by atoms with van der Waals surface area (Å²) in [6.07, 6.45) is 2.68. The van der Waals surface area contributed by atoms with Crippen LogP contribution < -0.4 is 11.1 Å². The first-order valence-electron chi connectivity index (χ1n) is 6.40. The highest BCUT2D eigenvalue weighted by atomic mass is 16.3. The van der Waals surface area contributed by atoms with Gasteiger partial charge in [-0.15, -0.1) is 0 Å². The zero-order valence-electron chi connectivity index (χ0n) is 10.6. The first kappa shape index (κ1) is 12.9. The van der Waals surface area contributed by atoms with E-state index in [9.17, 15) is 9.90 Å². The minimum Gasteiger partial charge on any atom is -0.508 e. The highest BCUT2D eigenvalue weighted by molar-refractivity contribution is 5.77. The molecule has 1 aromatic rings. The van der Waals surface area contributed by atoms with Gasteiger partial charge in [0.15, 0.2) is 0 Å². The van der Waals surface area contributed by atoms with Gasteiger partial charge in [0.1, 0.15) is 5.75 Å². The number of amides is 1. The van der Waals surface area contributed by atoms with Crippen LogP contribution in [0.3, 0.4) is 0 Å². The summed E-state index contributed by atoms with van der Waals surface area (Å²) in [5.41, 5.74) is 6.81. The lowest BCUT2D eigenvalue weighted by atomic mass is 10.1. The molecule has 98 valence electrons. The molecule has 4 N–H and O–H groups in total. The molecular weight excluding hydrogens is 228 g/mol. The largest absolute Gasteiger partial charge is 0.508 e. The number of phenolic OH excluding ortho intramolecular Hbond substituents is 1. The van der Waals surface area contributed by atoms with E-state index in [-0.39, 0.29) is 23.7 Å². The SMILES string of the molecule is CC(NC(=O)CC(N)C1CC1)c1cccc(O)c1. The normalized spacial score (nSPS) is 18.1. The molecule has 0 radical (unpaired) electrons. The zero-order chi connectivity index (χ0) is 13.1. The van der Waals surface area contributed by atoms with Gasteiger partial charge in [0.25, 0.3) is 0 Å². The average Bonchev–Trinajstić information content (AvgIpc) is 3.12. The topological polar surface area (TPSA) is 75.4 Å². The molecule has 1 aromatic carbocycles. The molecule has 0 saturated heterocycles. The molecule has 1 aliphatic carbocycles. The van der Waals surface area contributed by atoms with Crippen LogP contribution in [0.15, 0.2) is 24.3 Å². The lowest BCUT2D eigenvalue weighted by Gasteiger charge is -2.16. The molecule has 1 saturated carbocycles. The summed E-state index contributed by atoms with van der Waals surface area (Å²) in [7, 11) is 0. The fourth-order valence-electron chi connectivity index (χ4n) is 2.08. The van der Waals surface area contributed by atoms with Crippen molar-refractivity contribution in [2.75, 3.05) is 0 Å². The summed E-state index contributed by atoms with van der Waals surface area (Å²) in [5, 5.41) is 12.3. The molecule has 18 heavy (non-hydrogen) atoms. The highest BCUT2D eigenvalue weighted by Crippen LogP contribution is 2.32. The maximum Gasteiger partial charge on any atom is 0.222 e. The van der Waals surface area contributed by atoms with E-state index in [1.165, 1.54) is 0 Å². The van der Waals surface area contributed by atoms with Crippen molar-refractivity contribution in [3.63, 3.8) is 0 Å². The van der Waals surface area contributed by atoms with Gasteiger partial charge in [0.2, 0.25) is 5.91 Å². The average molecular weight is 248 g/mol. The lowest BCUT2D eigenvalue weighted by Crippen LogP contribution is -2.34. The van der Waals surface area contributed by atoms with E-state index in [0.29, 0.717) is 12.3 Å². The standard InChI is InChI=1S/C14H20N2O2/c1-9(11-3-2-4-12(17)7-11)16-14(18)8-13(15)10-5-6-10/h2-4,7,9-10,13,17H,5-6,8,15H2,1H3,(H,16,18). The summed E-state index contributed by atoms with van der Waals surface area (Å²) < 4.78 is 0. The van der Waals surface area contributed by atoms with E-state index in [1.54, 1.807) is 18.2 Å². The minimum atomic E-state index is -0.115. The molecule has 0 bridgehead atoms. The lowest BCUT2D eigenvalue weighted by molar-refractivity contribution is -0.122. The number of phenols is 1. The Hall–Kier alpha value is -1.55. The smallest absolute Gasteiger partial charge is 0.222 e. The van der Waals surface area contributed by atoms with Crippen molar-refractivity contribution in [1.29, 1.82) is 0 Å². The second kappa shape index (κ2) is 5.40. The third-order valence-electron chi connectivity index (χ3n) is 3.40. The molecule has 2 atom stereocenters. The van der Waals surface area contributed by atoms with Gasteiger partial charge in [0, 0.05) is 12.5 Å². The number of rotatable bonds is 5. The minimum absolute atomic E-state index is 0.0126. The number of nitrogens with one attached hydrogen (secondary N) is 1. The van der Waals surface area contributed by atoms with Crippen LogP contribution in [0.4, 0.5) is 0 Å². The fourth-order valence-corrected chi connectivity index (χ4v) is 2.08. The van der Waals surface area contributed by atoms with E-state index in [1.807, 2.05) is 13.0 Å². The van der Waals surface area contributed by atoms with Crippen molar-refractivity contribution in [3.05, 3.63) is 29.8 Å². The Bertz CT molecular complexity index is 430. The van der Waals surface area contributed by atoms with Crippen LogP contribution in [0, 0.1) is 5.92 Å². The second-order valence-corrected chi connectivity index (χ2v) is 5.09. The molecule has 1 amide bonds. The third kappa shape index (κ3) is 3.47. The number of carbonyl (C=O) groups is 1. The van der Waals surface area contributed by atoms with E-state index in [2.05, 4.69) is 5.32 Å². The van der Waals surface area contributed by atoms with Crippen LogP contribution in [0.1, 0.15) is 37.8 Å². The summed E-state index contributed by atoms with van der Waals surface area (Å²) >= 11 is 0. The molecule has 2 rings (SSSR count). The quantitative estimate of drug-likeness (QED) is 0.742. The number of benzene rings is 1. The van der Waals surface area contributed by atoms with Crippen LogP contribution in [0.25, 0.3) is 0 Å². The van der Waals surface area contributed by atoms with Gasteiger partial charge in [-0.1, -0.05) is 12.1 Å². The number of nitrogens with two attached hydrogens (primary N) is 1. The Balaban J connectivity index is 1.86. The highest BCUT2D eigenvalue weighted by Gasteiger charge is 2.30. The molecule has 1 aliphatic rings. The Morgan fingerprint density at radius 1 is 1.56 bits per heavy atom. The Kier molecular flexibility index (Phi) is 3.87. The van der Waals surface area contributed by atoms with Gasteiger partial charge < -0.3 is 16.2 Å². The van der Waals surface area contributed by atoms with Crippen LogP contribution in [-0.2, 0) is 4.79 Å². The van der Waals surface area contributed by atoms with Gasteiger partial charge in [-0.05, 0) is 43.4 Å². The summed E-state index contributed by atoms with van der Waals surface area (Å²) in [5.74, 6) is 0.723. The van der Waals surface area contributed by atoms with Crippen molar-refractivity contribution >= 4 is 5.91 Å². The molecule has 1 fully saturated rings. The van der Waals surface area contributed by atoms with E-state index in [0.717, 1.165) is 18.4 Å². The molecule has 0 aliphatic heterocycles. The van der Waals surface area contributed by atoms with Crippen molar-refractivity contribution in [2.24, 2.45) is 11.7 Å². The van der Waals surface area contributed by atoms with Crippen LogP contribution in [0.5, 0.6) is 5.75 Å². The predicted molar refractivity (Wildman–Crippen MR) is 70.0 cm³/mol. The van der Waals surface area contributed by atoms with Crippen molar-refractivity contribution < 1.29 is 9.90 Å². The zero-order valence-corrected chi connectivity index (χ0v) is 10.6. The summed E-state index contributed by atoms with van der Waals surface area (Å²) in [4.78, 5) is 11.8. The van der Waals surface area contributed by atoms with E-state index in [4.69, 9.17) is 5.73 Å². The van der Waals surface area contributed by atoms with E-state index < -0.39 is 0 Å². The van der Waals surface area contributed by atoms with Gasteiger partial charge in [-0.3, -0.25) is 4.79 Å². The fraction of sp³-hybridized carbons (Fsp3) is 0.500. The van der Waals surface area contributed by atoms with E-state index >= 15 is 0 Å². The molecule has 0 aromatic heterocycles. The molecule has 2 unspecified atom stereocenters. The molecule has 4 heteroatoms. The van der Waals surface area contributed by atoms with Crippen molar-refractivity contribution in [3.8, 4) is 5.75 Å².